The van der Waals surface area contributed by atoms with Crippen LogP contribution in [-0.2, 0) is 4.74 Å². The molecule has 0 aromatic carbocycles. The Kier molecular flexibility index (Phi) is 2.82. The lowest BCUT2D eigenvalue weighted by atomic mass is 9.79. The van der Waals surface area contributed by atoms with Gasteiger partial charge in [-0.3, -0.25) is 0 Å². The van der Waals surface area contributed by atoms with E-state index in [1.165, 1.54) is 32.1 Å². The zero-order valence-corrected chi connectivity index (χ0v) is 8.94. The maximum Gasteiger partial charge on any atom is 0.0627 e. The number of hydrogen-bond acceptors (Lipinski definition) is 1. The molecule has 0 spiro atoms. The van der Waals surface area contributed by atoms with Crippen molar-refractivity contribution in [3.63, 3.8) is 0 Å². The molecule has 0 amide bonds. The fourth-order valence-corrected chi connectivity index (χ4v) is 2.51. The molecular weight excluding hydrogens is 148 g/mol. The molecule has 1 nitrogen and oxygen atoms in total. The van der Waals surface area contributed by atoms with Crippen molar-refractivity contribution in [3.05, 3.63) is 0 Å². The van der Waals surface area contributed by atoms with Gasteiger partial charge in [-0.15, -0.1) is 0 Å². The molecule has 1 aliphatic rings. The molecule has 0 atom stereocenters. The Labute approximate surface area is 76.5 Å². The Morgan fingerprint density at radius 1 is 1.25 bits per heavy atom. The highest BCUT2D eigenvalue weighted by molar-refractivity contribution is 4.86. The molecular formula is C11H22O. The highest BCUT2D eigenvalue weighted by Gasteiger charge is 2.34. The van der Waals surface area contributed by atoms with E-state index in [2.05, 4.69) is 20.8 Å². The van der Waals surface area contributed by atoms with Crippen LogP contribution in [0.15, 0.2) is 0 Å². The first-order valence-electron chi connectivity index (χ1n) is 5.03. The van der Waals surface area contributed by atoms with Crippen molar-refractivity contribution >= 4 is 0 Å². The summed E-state index contributed by atoms with van der Waals surface area (Å²) >= 11 is 0. The first-order chi connectivity index (χ1) is 5.47. The standard InChI is InChI=1S/C11H22O/c1-10(2,12-4)9-11(3)7-5-6-8-11/h5-9H2,1-4H3. The van der Waals surface area contributed by atoms with E-state index >= 15 is 0 Å². The van der Waals surface area contributed by atoms with Gasteiger partial charge in [0.05, 0.1) is 5.60 Å². The van der Waals surface area contributed by atoms with Gasteiger partial charge in [0.2, 0.25) is 0 Å². The summed E-state index contributed by atoms with van der Waals surface area (Å²) in [5.74, 6) is 0. The smallest absolute Gasteiger partial charge is 0.0627 e. The van der Waals surface area contributed by atoms with Gasteiger partial charge in [-0.2, -0.15) is 0 Å². The Morgan fingerprint density at radius 2 is 1.75 bits per heavy atom. The van der Waals surface area contributed by atoms with Gasteiger partial charge >= 0.3 is 0 Å². The number of hydrogen-bond donors (Lipinski definition) is 0. The van der Waals surface area contributed by atoms with Crippen molar-refractivity contribution in [2.24, 2.45) is 5.41 Å². The molecule has 1 rings (SSSR count). The third-order valence-corrected chi connectivity index (χ3v) is 3.22. The van der Waals surface area contributed by atoms with E-state index in [4.69, 9.17) is 4.74 Å². The maximum atomic E-state index is 5.46. The molecule has 0 N–H and O–H groups in total. The molecule has 0 aromatic rings. The number of ether oxygens (including phenoxy) is 1. The number of rotatable bonds is 3. The molecule has 72 valence electrons. The van der Waals surface area contributed by atoms with Crippen LogP contribution >= 0.6 is 0 Å². The Balaban J connectivity index is 2.48. The summed E-state index contributed by atoms with van der Waals surface area (Å²) < 4.78 is 5.46. The zero-order chi connectivity index (χ0) is 9.24. The molecule has 0 heterocycles. The fraction of sp³-hybridized carbons (Fsp3) is 1.00. The second-order valence-corrected chi connectivity index (χ2v) is 5.16. The fourth-order valence-electron chi connectivity index (χ4n) is 2.51. The van der Waals surface area contributed by atoms with E-state index in [1.807, 2.05) is 7.11 Å². The molecule has 0 bridgehead atoms. The summed E-state index contributed by atoms with van der Waals surface area (Å²) in [5.41, 5.74) is 0.624. The van der Waals surface area contributed by atoms with Gasteiger partial charge in [-0.05, 0) is 38.5 Å². The summed E-state index contributed by atoms with van der Waals surface area (Å²) in [4.78, 5) is 0. The quantitative estimate of drug-likeness (QED) is 0.631. The van der Waals surface area contributed by atoms with Crippen LogP contribution in [0.1, 0.15) is 52.9 Å². The minimum absolute atomic E-state index is 0.0685. The summed E-state index contributed by atoms with van der Waals surface area (Å²) in [6, 6.07) is 0. The van der Waals surface area contributed by atoms with Crippen molar-refractivity contribution in [2.45, 2.75) is 58.5 Å². The maximum absolute atomic E-state index is 5.46. The molecule has 0 unspecified atom stereocenters. The summed E-state index contributed by atoms with van der Waals surface area (Å²) in [6.07, 6.45) is 6.81. The van der Waals surface area contributed by atoms with Crippen LogP contribution in [0.3, 0.4) is 0 Å². The Bertz CT molecular complexity index is 143. The average Bonchev–Trinajstić information content (AvgIpc) is 2.35. The normalized spacial score (nSPS) is 23.0. The van der Waals surface area contributed by atoms with E-state index in [1.54, 1.807) is 0 Å². The van der Waals surface area contributed by atoms with Crippen LogP contribution in [0.4, 0.5) is 0 Å². The predicted octanol–water partition coefficient (Wildman–Crippen LogP) is 3.38. The molecule has 0 saturated heterocycles. The first-order valence-corrected chi connectivity index (χ1v) is 5.03. The van der Waals surface area contributed by atoms with Crippen molar-refractivity contribution in [2.75, 3.05) is 7.11 Å². The monoisotopic (exact) mass is 170 g/mol. The third-order valence-electron chi connectivity index (χ3n) is 3.22. The Morgan fingerprint density at radius 3 is 2.17 bits per heavy atom. The summed E-state index contributed by atoms with van der Waals surface area (Å²) in [7, 11) is 1.82. The van der Waals surface area contributed by atoms with Crippen molar-refractivity contribution < 1.29 is 4.74 Å². The summed E-state index contributed by atoms with van der Waals surface area (Å²) in [5, 5.41) is 0. The van der Waals surface area contributed by atoms with Crippen LogP contribution in [0.25, 0.3) is 0 Å². The van der Waals surface area contributed by atoms with Gasteiger partial charge in [0, 0.05) is 7.11 Å². The molecule has 1 saturated carbocycles. The zero-order valence-electron chi connectivity index (χ0n) is 8.94. The second kappa shape index (κ2) is 3.37. The lowest BCUT2D eigenvalue weighted by Gasteiger charge is -2.33. The minimum Gasteiger partial charge on any atom is -0.379 e. The third kappa shape index (κ3) is 2.48. The molecule has 12 heavy (non-hydrogen) atoms. The van der Waals surface area contributed by atoms with Gasteiger partial charge in [-0.25, -0.2) is 0 Å². The van der Waals surface area contributed by atoms with Gasteiger partial charge < -0.3 is 4.74 Å². The minimum atomic E-state index is 0.0685. The average molecular weight is 170 g/mol. The summed E-state index contributed by atoms with van der Waals surface area (Å²) in [6.45, 7) is 6.79. The van der Waals surface area contributed by atoms with Gasteiger partial charge in [0.1, 0.15) is 0 Å². The van der Waals surface area contributed by atoms with E-state index in [0.717, 1.165) is 0 Å². The second-order valence-electron chi connectivity index (χ2n) is 5.16. The molecule has 0 aliphatic heterocycles. The predicted molar refractivity (Wildman–Crippen MR) is 52.3 cm³/mol. The highest BCUT2D eigenvalue weighted by atomic mass is 16.5. The highest BCUT2D eigenvalue weighted by Crippen LogP contribution is 2.44. The van der Waals surface area contributed by atoms with Crippen molar-refractivity contribution in [1.29, 1.82) is 0 Å². The van der Waals surface area contributed by atoms with E-state index < -0.39 is 0 Å². The lowest BCUT2D eigenvalue weighted by Crippen LogP contribution is -2.30. The van der Waals surface area contributed by atoms with E-state index in [9.17, 15) is 0 Å². The topological polar surface area (TPSA) is 9.23 Å². The molecule has 0 aromatic heterocycles. The largest absolute Gasteiger partial charge is 0.379 e. The SMILES string of the molecule is COC(C)(C)CC1(C)CCCC1. The van der Waals surface area contributed by atoms with Crippen molar-refractivity contribution in [1.82, 2.24) is 0 Å². The van der Waals surface area contributed by atoms with Crippen molar-refractivity contribution in [3.8, 4) is 0 Å². The lowest BCUT2D eigenvalue weighted by molar-refractivity contribution is -0.0153. The molecule has 0 radical (unpaired) electrons. The van der Waals surface area contributed by atoms with Gasteiger partial charge in [-0.1, -0.05) is 19.8 Å². The van der Waals surface area contributed by atoms with Crippen LogP contribution in [0.2, 0.25) is 0 Å². The van der Waals surface area contributed by atoms with Gasteiger partial charge in [0.25, 0.3) is 0 Å². The van der Waals surface area contributed by atoms with Crippen LogP contribution in [0, 0.1) is 5.41 Å². The number of methoxy groups -OCH3 is 1. The Hall–Kier alpha value is -0.0400. The van der Waals surface area contributed by atoms with Crippen LogP contribution in [0.5, 0.6) is 0 Å². The molecule has 1 heteroatoms. The van der Waals surface area contributed by atoms with E-state index in [-0.39, 0.29) is 5.60 Å². The van der Waals surface area contributed by atoms with Crippen LogP contribution < -0.4 is 0 Å². The van der Waals surface area contributed by atoms with E-state index in [0.29, 0.717) is 5.41 Å². The first kappa shape index (κ1) is 10.0. The van der Waals surface area contributed by atoms with Gasteiger partial charge in [0.15, 0.2) is 0 Å². The molecule has 1 aliphatic carbocycles. The van der Waals surface area contributed by atoms with Crippen LogP contribution in [-0.4, -0.2) is 12.7 Å². The molecule has 1 fully saturated rings.